The van der Waals surface area contributed by atoms with Crippen LogP contribution in [0.2, 0.25) is 10.0 Å². The topological polar surface area (TPSA) is 17.1 Å². The molecule has 0 amide bonds. The lowest BCUT2D eigenvalue weighted by molar-refractivity contribution is 0.104. The van der Waals surface area contributed by atoms with E-state index in [9.17, 15) is 9.18 Å². The molecule has 0 aliphatic rings. The normalized spacial score (nSPS) is 10.6. The smallest absolute Gasteiger partial charge is 0.203 e. The van der Waals surface area contributed by atoms with E-state index in [0.29, 0.717) is 13.7 Å². The Morgan fingerprint density at radius 3 is 2.47 bits per heavy atom. The van der Waals surface area contributed by atoms with Gasteiger partial charge in [0.25, 0.3) is 0 Å². The maximum atomic E-state index is 13.2. The second-order valence-corrected chi connectivity index (χ2v) is 6.37. The summed E-state index contributed by atoms with van der Waals surface area (Å²) in [5.74, 6) is -0.891. The van der Waals surface area contributed by atoms with Crippen LogP contribution in [0, 0.1) is 5.82 Å². The summed E-state index contributed by atoms with van der Waals surface area (Å²) in [6, 6.07) is 5.50. The molecule has 0 bridgehead atoms. The van der Waals surface area contributed by atoms with Crippen LogP contribution in [0.3, 0.4) is 0 Å². The predicted molar refractivity (Wildman–Crippen MR) is 71.9 cm³/mol. The van der Waals surface area contributed by atoms with Crippen molar-refractivity contribution in [1.29, 1.82) is 0 Å². The van der Waals surface area contributed by atoms with Gasteiger partial charge in [0.1, 0.15) is 5.82 Å². The van der Waals surface area contributed by atoms with Crippen molar-refractivity contribution >= 4 is 56.3 Å². The Labute approximate surface area is 119 Å². The fourth-order valence-electron chi connectivity index (χ4n) is 1.24. The van der Waals surface area contributed by atoms with Crippen LogP contribution >= 0.6 is 50.5 Å². The minimum Gasteiger partial charge on any atom is -0.288 e. The molecule has 0 spiro atoms. The van der Waals surface area contributed by atoms with Crippen molar-refractivity contribution in [3.05, 3.63) is 54.4 Å². The average molecular weight is 354 g/mol. The van der Waals surface area contributed by atoms with Gasteiger partial charge in [0.15, 0.2) is 0 Å². The largest absolute Gasteiger partial charge is 0.288 e. The first-order chi connectivity index (χ1) is 7.99. The molecule has 2 rings (SSSR count). The Morgan fingerprint density at radius 1 is 1.24 bits per heavy atom. The van der Waals surface area contributed by atoms with Gasteiger partial charge in [0.2, 0.25) is 5.78 Å². The van der Waals surface area contributed by atoms with E-state index < -0.39 is 5.82 Å². The van der Waals surface area contributed by atoms with Gasteiger partial charge in [0.05, 0.1) is 18.7 Å². The molecule has 0 N–H and O–H groups in total. The molecule has 2 aromatic rings. The number of ketones is 1. The van der Waals surface area contributed by atoms with Crippen LogP contribution in [0.4, 0.5) is 4.39 Å². The molecule has 1 heterocycles. The molecule has 1 aromatic carbocycles. The van der Waals surface area contributed by atoms with Crippen molar-refractivity contribution in [1.82, 2.24) is 0 Å². The highest BCUT2D eigenvalue weighted by atomic mass is 79.9. The molecule has 0 saturated carbocycles. The van der Waals surface area contributed by atoms with Crippen molar-refractivity contribution in [3.8, 4) is 0 Å². The van der Waals surface area contributed by atoms with Gasteiger partial charge < -0.3 is 0 Å². The fourth-order valence-corrected chi connectivity index (χ4v) is 3.02. The summed E-state index contributed by atoms with van der Waals surface area (Å²) in [6.07, 6.45) is 0. The van der Waals surface area contributed by atoms with Crippen LogP contribution in [0.5, 0.6) is 0 Å². The minimum atomic E-state index is -0.612. The van der Waals surface area contributed by atoms with Gasteiger partial charge >= 0.3 is 0 Å². The summed E-state index contributed by atoms with van der Waals surface area (Å²) in [4.78, 5) is 12.4. The van der Waals surface area contributed by atoms with E-state index in [2.05, 4.69) is 15.9 Å². The molecule has 0 saturated heterocycles. The first-order valence-corrected chi connectivity index (χ1v) is 6.80. The van der Waals surface area contributed by atoms with E-state index in [-0.39, 0.29) is 16.4 Å². The number of hydrogen-bond acceptors (Lipinski definition) is 2. The molecule has 1 nitrogen and oxygen atoms in total. The molecular formula is C11H4BrCl2FOS. The Balaban J connectivity index is 2.40. The SMILES string of the molecule is O=C(c1ccc(Cl)c(F)c1)c1cc(Cl)c(Br)s1. The van der Waals surface area contributed by atoms with E-state index in [1.165, 1.54) is 23.5 Å². The average Bonchev–Trinajstić information content (AvgIpc) is 2.62. The standard InChI is InChI=1S/C11H4BrCl2FOS/c12-11-7(14)4-9(17-11)10(16)5-1-2-6(13)8(15)3-5/h1-4H. The van der Waals surface area contributed by atoms with Crippen LogP contribution in [0.15, 0.2) is 28.1 Å². The van der Waals surface area contributed by atoms with Crippen molar-refractivity contribution in [2.45, 2.75) is 0 Å². The summed E-state index contributed by atoms with van der Waals surface area (Å²) >= 11 is 15.8. The number of halogens is 4. The highest BCUT2D eigenvalue weighted by Crippen LogP contribution is 2.33. The highest BCUT2D eigenvalue weighted by molar-refractivity contribution is 9.11. The first kappa shape index (κ1) is 13.0. The van der Waals surface area contributed by atoms with Crippen LogP contribution in [-0.2, 0) is 0 Å². The second kappa shape index (κ2) is 5.06. The Hall–Kier alpha value is -0.420. The third kappa shape index (κ3) is 2.71. The third-order valence-corrected chi connectivity index (χ3v) is 4.83. The summed E-state index contributed by atoms with van der Waals surface area (Å²) in [7, 11) is 0. The zero-order valence-corrected chi connectivity index (χ0v) is 12.1. The van der Waals surface area contributed by atoms with Crippen LogP contribution < -0.4 is 0 Å². The molecule has 88 valence electrons. The van der Waals surface area contributed by atoms with E-state index in [4.69, 9.17) is 23.2 Å². The van der Waals surface area contributed by atoms with Crippen molar-refractivity contribution < 1.29 is 9.18 Å². The van der Waals surface area contributed by atoms with Gasteiger partial charge in [-0.2, -0.15) is 0 Å². The van der Waals surface area contributed by atoms with Crippen molar-refractivity contribution in [2.75, 3.05) is 0 Å². The third-order valence-electron chi connectivity index (χ3n) is 2.05. The molecular weight excluding hydrogens is 350 g/mol. The monoisotopic (exact) mass is 352 g/mol. The summed E-state index contributed by atoms with van der Waals surface area (Å²) in [6.45, 7) is 0. The van der Waals surface area contributed by atoms with E-state index in [0.717, 1.165) is 6.07 Å². The molecule has 0 fully saturated rings. The Bertz CT molecular complexity index is 578. The second-order valence-electron chi connectivity index (χ2n) is 3.19. The van der Waals surface area contributed by atoms with Gasteiger partial charge in [-0.25, -0.2) is 4.39 Å². The lowest BCUT2D eigenvalue weighted by Crippen LogP contribution is -1.99. The van der Waals surface area contributed by atoms with Gasteiger partial charge in [-0.1, -0.05) is 23.2 Å². The van der Waals surface area contributed by atoms with Crippen LogP contribution in [0.1, 0.15) is 15.2 Å². The lowest BCUT2D eigenvalue weighted by atomic mass is 10.1. The summed E-state index contributed by atoms with van der Waals surface area (Å²) < 4.78 is 13.9. The molecule has 0 unspecified atom stereocenters. The van der Waals surface area contributed by atoms with Gasteiger partial charge in [-0.3, -0.25) is 4.79 Å². The minimum absolute atomic E-state index is 0.00746. The van der Waals surface area contributed by atoms with Crippen LogP contribution in [0.25, 0.3) is 0 Å². The van der Waals surface area contributed by atoms with Crippen molar-refractivity contribution in [3.63, 3.8) is 0 Å². The van der Waals surface area contributed by atoms with Gasteiger partial charge in [-0.15, -0.1) is 11.3 Å². The van der Waals surface area contributed by atoms with E-state index >= 15 is 0 Å². The fraction of sp³-hybridized carbons (Fsp3) is 0. The summed E-state index contributed by atoms with van der Waals surface area (Å²) in [5, 5.41) is 0.458. The maximum absolute atomic E-state index is 13.2. The Morgan fingerprint density at radius 2 is 1.94 bits per heavy atom. The maximum Gasteiger partial charge on any atom is 0.203 e. The first-order valence-electron chi connectivity index (χ1n) is 4.43. The molecule has 0 radical (unpaired) electrons. The molecule has 1 aromatic heterocycles. The quantitative estimate of drug-likeness (QED) is 0.679. The number of thiophene rings is 1. The number of hydrogen-bond donors (Lipinski definition) is 0. The number of carbonyl (C=O) groups excluding carboxylic acids is 1. The van der Waals surface area contributed by atoms with Gasteiger partial charge in [-0.05, 0) is 40.2 Å². The lowest BCUT2D eigenvalue weighted by Gasteiger charge is -1.99. The van der Waals surface area contributed by atoms with E-state index in [1.807, 2.05) is 0 Å². The van der Waals surface area contributed by atoms with E-state index in [1.54, 1.807) is 6.07 Å². The predicted octanol–water partition coefficient (Wildman–Crippen LogP) is 5.19. The van der Waals surface area contributed by atoms with Gasteiger partial charge in [0, 0.05) is 5.56 Å². The molecule has 0 atom stereocenters. The van der Waals surface area contributed by atoms with Crippen molar-refractivity contribution in [2.24, 2.45) is 0 Å². The number of carbonyl (C=O) groups is 1. The molecule has 6 heteroatoms. The Kier molecular flexibility index (Phi) is 3.88. The zero-order chi connectivity index (χ0) is 12.6. The number of benzene rings is 1. The zero-order valence-electron chi connectivity index (χ0n) is 8.14. The van der Waals surface area contributed by atoms with Crippen LogP contribution in [-0.4, -0.2) is 5.78 Å². The highest BCUT2D eigenvalue weighted by Gasteiger charge is 2.15. The number of rotatable bonds is 2. The molecule has 0 aliphatic carbocycles. The summed E-state index contributed by atoms with van der Waals surface area (Å²) in [5.41, 5.74) is 0.248. The molecule has 17 heavy (non-hydrogen) atoms. The molecule has 0 aliphatic heterocycles.